The van der Waals surface area contributed by atoms with Crippen LogP contribution in [0.25, 0.3) is 0 Å². The molecule has 0 bridgehead atoms. The summed E-state index contributed by atoms with van der Waals surface area (Å²) in [7, 11) is 1.59. The van der Waals surface area contributed by atoms with Crippen molar-refractivity contribution in [2.75, 3.05) is 46.6 Å². The molecule has 2 aromatic rings. The van der Waals surface area contributed by atoms with E-state index in [2.05, 4.69) is 5.32 Å². The number of likely N-dealkylation sites (tertiary alicyclic amines) is 1. The lowest BCUT2D eigenvalue weighted by atomic mass is 10.0. The highest BCUT2D eigenvalue weighted by atomic mass is 19.3. The van der Waals surface area contributed by atoms with Gasteiger partial charge in [0, 0.05) is 38.5 Å². The Labute approximate surface area is 204 Å². The third-order valence-corrected chi connectivity index (χ3v) is 6.18. The van der Waals surface area contributed by atoms with E-state index in [1.54, 1.807) is 31.4 Å². The number of halogens is 2. The van der Waals surface area contributed by atoms with Crippen LogP contribution in [-0.2, 0) is 11.2 Å². The van der Waals surface area contributed by atoms with E-state index in [4.69, 9.17) is 18.9 Å². The van der Waals surface area contributed by atoms with Crippen LogP contribution in [0, 0.1) is 0 Å². The molecule has 1 saturated heterocycles. The van der Waals surface area contributed by atoms with Crippen molar-refractivity contribution < 1.29 is 32.5 Å². The smallest absolute Gasteiger partial charge is 0.250 e. The zero-order valence-corrected chi connectivity index (χ0v) is 19.9. The highest BCUT2D eigenvalue weighted by Crippen LogP contribution is 2.31. The van der Waals surface area contributed by atoms with Gasteiger partial charge in [-0.05, 0) is 48.4 Å². The molecule has 7 nitrogen and oxygen atoms in total. The first kappa shape index (κ1) is 25.0. The Bertz CT molecular complexity index is 976. The zero-order valence-electron chi connectivity index (χ0n) is 19.9. The van der Waals surface area contributed by atoms with Crippen LogP contribution in [0.2, 0.25) is 0 Å². The lowest BCUT2D eigenvalue weighted by Crippen LogP contribution is -2.49. The number of hydrogen-bond donors (Lipinski definition) is 1. The number of alkyl halides is 2. The first-order chi connectivity index (χ1) is 16.9. The zero-order chi connectivity index (χ0) is 24.7. The highest BCUT2D eigenvalue weighted by molar-refractivity contribution is 5.76. The van der Waals surface area contributed by atoms with Gasteiger partial charge in [-0.2, -0.15) is 0 Å². The van der Waals surface area contributed by atoms with Gasteiger partial charge in [0.05, 0.1) is 20.1 Å². The maximum Gasteiger partial charge on any atom is 0.250 e. The molecule has 1 amide bonds. The van der Waals surface area contributed by atoms with E-state index in [9.17, 15) is 13.6 Å². The lowest BCUT2D eigenvalue weighted by Gasteiger charge is -2.34. The molecular formula is C26H32F2N2O5. The molecule has 2 aliphatic heterocycles. The summed E-state index contributed by atoms with van der Waals surface area (Å²) in [5.41, 5.74) is 0.983. The van der Waals surface area contributed by atoms with E-state index >= 15 is 0 Å². The van der Waals surface area contributed by atoms with Gasteiger partial charge in [-0.25, -0.2) is 8.78 Å². The van der Waals surface area contributed by atoms with Crippen LogP contribution in [0.5, 0.6) is 23.0 Å². The van der Waals surface area contributed by atoms with Crippen molar-refractivity contribution in [3.8, 4) is 23.0 Å². The number of nitrogens with zero attached hydrogens (tertiary/aromatic N) is 1. The number of hydrogen-bond acceptors (Lipinski definition) is 6. The maximum atomic E-state index is 13.6. The van der Waals surface area contributed by atoms with E-state index in [-0.39, 0.29) is 37.8 Å². The second-order valence-electron chi connectivity index (χ2n) is 8.88. The first-order valence-corrected chi connectivity index (χ1v) is 12.0. The summed E-state index contributed by atoms with van der Waals surface area (Å²) in [6.07, 6.45) is 0.414. The standard InChI is InChI=1S/C26H32F2N2O5/c1-32-21-3-5-22(6-4-21)33-13-8-25(31)29-20(18-30-11-9-26(27,28)10-12-30)16-19-2-7-23-24(17-19)35-15-14-34-23/h2-7,17,20H,8-16,18H2,1H3,(H,29,31)/t20-/m0/s1. The number of fused-ring (bicyclic) bond motifs is 1. The number of methoxy groups -OCH3 is 1. The fourth-order valence-corrected chi connectivity index (χ4v) is 4.27. The van der Waals surface area contributed by atoms with Crippen molar-refractivity contribution in [3.63, 3.8) is 0 Å². The minimum atomic E-state index is -2.61. The number of carbonyl (C=O) groups excluding carboxylic acids is 1. The quantitative estimate of drug-likeness (QED) is 0.548. The van der Waals surface area contributed by atoms with E-state index in [0.29, 0.717) is 56.5 Å². The van der Waals surface area contributed by atoms with Crippen molar-refractivity contribution in [2.45, 2.75) is 37.6 Å². The Kier molecular flexibility index (Phi) is 8.28. The number of rotatable bonds is 10. The molecule has 2 aliphatic rings. The molecule has 0 spiro atoms. The summed E-state index contributed by atoms with van der Waals surface area (Å²) in [6, 6.07) is 12.7. The molecule has 190 valence electrons. The van der Waals surface area contributed by atoms with Gasteiger partial charge >= 0.3 is 0 Å². The van der Waals surface area contributed by atoms with E-state index in [0.717, 1.165) is 11.3 Å². The van der Waals surface area contributed by atoms with Gasteiger partial charge in [0.25, 0.3) is 5.92 Å². The van der Waals surface area contributed by atoms with Crippen LogP contribution in [0.1, 0.15) is 24.8 Å². The minimum Gasteiger partial charge on any atom is -0.497 e. The summed E-state index contributed by atoms with van der Waals surface area (Å²) >= 11 is 0. The fraction of sp³-hybridized carbons (Fsp3) is 0.500. The molecular weight excluding hydrogens is 458 g/mol. The number of carbonyl (C=O) groups is 1. The molecule has 1 atom stereocenters. The number of piperidine rings is 1. The van der Waals surface area contributed by atoms with Crippen LogP contribution < -0.4 is 24.3 Å². The van der Waals surface area contributed by atoms with Crippen LogP contribution in [0.3, 0.4) is 0 Å². The summed E-state index contributed by atoms with van der Waals surface area (Å²) < 4.78 is 49.3. The Morgan fingerprint density at radius 1 is 1.06 bits per heavy atom. The molecule has 1 N–H and O–H groups in total. The Hall–Kier alpha value is -3.07. The van der Waals surface area contributed by atoms with Gasteiger partial charge in [0.2, 0.25) is 5.91 Å². The molecule has 4 rings (SSSR count). The number of ether oxygens (including phenoxy) is 4. The Balaban J connectivity index is 1.34. The molecule has 2 aromatic carbocycles. The lowest BCUT2D eigenvalue weighted by molar-refractivity contribution is -0.122. The van der Waals surface area contributed by atoms with Crippen LogP contribution in [0.15, 0.2) is 42.5 Å². The van der Waals surface area contributed by atoms with E-state index in [1.807, 2.05) is 23.1 Å². The molecule has 9 heteroatoms. The van der Waals surface area contributed by atoms with E-state index in [1.165, 1.54) is 0 Å². The second kappa shape index (κ2) is 11.6. The molecule has 1 fully saturated rings. The topological polar surface area (TPSA) is 69.3 Å². The van der Waals surface area contributed by atoms with Crippen molar-refractivity contribution in [2.24, 2.45) is 0 Å². The Morgan fingerprint density at radius 3 is 2.46 bits per heavy atom. The third kappa shape index (κ3) is 7.45. The maximum absolute atomic E-state index is 13.6. The number of benzene rings is 2. The molecule has 0 radical (unpaired) electrons. The highest BCUT2D eigenvalue weighted by Gasteiger charge is 2.34. The van der Waals surface area contributed by atoms with Crippen LogP contribution in [0.4, 0.5) is 8.78 Å². The largest absolute Gasteiger partial charge is 0.497 e. The van der Waals surface area contributed by atoms with Crippen LogP contribution in [-0.4, -0.2) is 69.3 Å². The predicted octanol–water partition coefficient (Wildman–Crippen LogP) is 3.69. The van der Waals surface area contributed by atoms with Crippen LogP contribution >= 0.6 is 0 Å². The van der Waals surface area contributed by atoms with Crippen molar-refractivity contribution in [1.82, 2.24) is 10.2 Å². The number of nitrogens with one attached hydrogen (secondary N) is 1. The molecule has 35 heavy (non-hydrogen) atoms. The van der Waals surface area contributed by atoms with Gasteiger partial charge in [-0.3, -0.25) is 4.79 Å². The van der Waals surface area contributed by atoms with Crippen molar-refractivity contribution >= 4 is 5.91 Å². The van der Waals surface area contributed by atoms with Crippen molar-refractivity contribution in [3.05, 3.63) is 48.0 Å². The summed E-state index contributed by atoms with van der Waals surface area (Å²) in [6.45, 7) is 2.35. The van der Waals surface area contributed by atoms with Gasteiger partial charge in [-0.15, -0.1) is 0 Å². The monoisotopic (exact) mass is 490 g/mol. The van der Waals surface area contributed by atoms with Crippen molar-refractivity contribution in [1.29, 1.82) is 0 Å². The molecule has 0 aliphatic carbocycles. The molecule has 0 unspecified atom stereocenters. The molecule has 0 saturated carbocycles. The molecule has 2 heterocycles. The molecule has 0 aromatic heterocycles. The normalized spacial score (nSPS) is 17.9. The predicted molar refractivity (Wildman–Crippen MR) is 127 cm³/mol. The first-order valence-electron chi connectivity index (χ1n) is 12.0. The number of amides is 1. The minimum absolute atomic E-state index is 0.150. The third-order valence-electron chi connectivity index (χ3n) is 6.18. The fourth-order valence-electron chi connectivity index (χ4n) is 4.27. The Morgan fingerprint density at radius 2 is 1.74 bits per heavy atom. The van der Waals surface area contributed by atoms with Gasteiger partial charge in [0.15, 0.2) is 11.5 Å². The van der Waals surface area contributed by atoms with E-state index < -0.39 is 5.92 Å². The average Bonchev–Trinajstić information content (AvgIpc) is 2.85. The summed E-state index contributed by atoms with van der Waals surface area (Å²) in [5, 5.41) is 3.08. The van der Waals surface area contributed by atoms with Gasteiger partial charge in [0.1, 0.15) is 24.7 Å². The summed E-state index contributed by atoms with van der Waals surface area (Å²) in [4.78, 5) is 14.7. The average molecular weight is 491 g/mol. The summed E-state index contributed by atoms with van der Waals surface area (Å²) in [5.74, 6) is 0.0135. The SMILES string of the molecule is COc1ccc(OCCC(=O)N[C@@H](Cc2ccc3c(c2)OCCO3)CN2CCC(F)(F)CC2)cc1. The van der Waals surface area contributed by atoms with Gasteiger partial charge < -0.3 is 29.2 Å². The van der Waals surface area contributed by atoms with Gasteiger partial charge in [-0.1, -0.05) is 6.07 Å². The second-order valence-corrected chi connectivity index (χ2v) is 8.88.